The highest BCUT2D eigenvalue weighted by atomic mass is 79.9. The molecule has 1 N–H and O–H groups in total. The van der Waals surface area contributed by atoms with Crippen molar-refractivity contribution in [3.05, 3.63) is 57.6 Å². The van der Waals surface area contributed by atoms with Gasteiger partial charge in [0.25, 0.3) is 5.91 Å². The highest BCUT2D eigenvalue weighted by Crippen LogP contribution is 2.27. The zero-order valence-corrected chi connectivity index (χ0v) is 21.1. The summed E-state index contributed by atoms with van der Waals surface area (Å²) in [5.41, 5.74) is 3.43. The number of ether oxygens (including phenoxy) is 2. The second-order valence-corrected chi connectivity index (χ2v) is 9.33. The fourth-order valence-electron chi connectivity index (χ4n) is 3.53. The number of rotatable bonds is 7. The van der Waals surface area contributed by atoms with Crippen molar-refractivity contribution < 1.29 is 28.7 Å². The van der Waals surface area contributed by atoms with Gasteiger partial charge in [0.1, 0.15) is 0 Å². The number of benzene rings is 2. The van der Waals surface area contributed by atoms with Gasteiger partial charge in [-0.3, -0.25) is 14.4 Å². The summed E-state index contributed by atoms with van der Waals surface area (Å²) in [6, 6.07) is 10.2. The molecule has 1 fully saturated rings. The van der Waals surface area contributed by atoms with E-state index in [1.165, 1.54) is 4.90 Å². The van der Waals surface area contributed by atoms with Gasteiger partial charge in [-0.2, -0.15) is 0 Å². The maximum Gasteiger partial charge on any atom is 0.338 e. The molecule has 8 nitrogen and oxygen atoms in total. The van der Waals surface area contributed by atoms with Crippen molar-refractivity contribution in [2.24, 2.45) is 5.92 Å². The van der Waals surface area contributed by atoms with E-state index in [-0.39, 0.29) is 25.0 Å². The van der Waals surface area contributed by atoms with Gasteiger partial charge in [-0.1, -0.05) is 15.9 Å². The summed E-state index contributed by atoms with van der Waals surface area (Å²) in [6.07, 6.45) is -0.244. The Bertz CT molecular complexity index is 1110. The number of hydrogen-bond donors (Lipinski definition) is 1. The van der Waals surface area contributed by atoms with Crippen LogP contribution in [0.2, 0.25) is 0 Å². The standard InChI is InChI=1S/C25H27BrN2O6/c1-14(2)34-25(32)17-5-7-19(8-6-17)28-12-18(11-23(28)30)24(31)33-13-22(29)27-21-10-15(3)20(26)9-16(21)4/h5-10,14,18H,11-13H2,1-4H3,(H,27,29)/t18-/m1/s1. The largest absolute Gasteiger partial charge is 0.459 e. The van der Waals surface area contributed by atoms with Gasteiger partial charge in [-0.15, -0.1) is 0 Å². The zero-order valence-electron chi connectivity index (χ0n) is 19.5. The van der Waals surface area contributed by atoms with Gasteiger partial charge < -0.3 is 19.7 Å². The number of halogens is 1. The molecule has 180 valence electrons. The molecule has 0 spiro atoms. The molecule has 0 aromatic heterocycles. The Labute approximate surface area is 206 Å². The second kappa shape index (κ2) is 10.8. The Balaban J connectivity index is 1.54. The maximum absolute atomic E-state index is 12.5. The predicted octanol–water partition coefficient (Wildman–Crippen LogP) is 4.17. The van der Waals surface area contributed by atoms with E-state index in [2.05, 4.69) is 21.2 Å². The Morgan fingerprint density at radius 3 is 2.44 bits per heavy atom. The van der Waals surface area contributed by atoms with Crippen molar-refractivity contribution in [3.8, 4) is 0 Å². The summed E-state index contributed by atoms with van der Waals surface area (Å²) >= 11 is 3.44. The van der Waals surface area contributed by atoms with Crippen LogP contribution in [0.15, 0.2) is 40.9 Å². The predicted molar refractivity (Wildman–Crippen MR) is 131 cm³/mol. The molecule has 0 unspecified atom stereocenters. The van der Waals surface area contributed by atoms with Gasteiger partial charge >= 0.3 is 11.9 Å². The van der Waals surface area contributed by atoms with Gasteiger partial charge in [0, 0.05) is 28.8 Å². The molecule has 2 aromatic carbocycles. The second-order valence-electron chi connectivity index (χ2n) is 8.48. The van der Waals surface area contributed by atoms with E-state index in [1.807, 2.05) is 26.0 Å². The highest BCUT2D eigenvalue weighted by molar-refractivity contribution is 9.10. The number of aryl methyl sites for hydroxylation is 2. The third-order valence-electron chi connectivity index (χ3n) is 5.34. The van der Waals surface area contributed by atoms with E-state index in [4.69, 9.17) is 9.47 Å². The number of nitrogens with zero attached hydrogens (tertiary/aromatic N) is 1. The van der Waals surface area contributed by atoms with Crippen molar-refractivity contribution in [1.82, 2.24) is 0 Å². The SMILES string of the molecule is Cc1cc(NC(=O)COC(=O)[C@@H]2CC(=O)N(c3ccc(C(=O)OC(C)C)cc3)C2)c(C)cc1Br. The third-order valence-corrected chi connectivity index (χ3v) is 6.20. The van der Waals surface area contributed by atoms with Crippen LogP contribution in [-0.4, -0.2) is 43.0 Å². The molecule has 1 atom stereocenters. The molecular formula is C25H27BrN2O6. The number of amides is 2. The number of carbonyl (C=O) groups is 4. The lowest BCUT2D eigenvalue weighted by atomic mass is 10.1. The van der Waals surface area contributed by atoms with Crippen LogP contribution in [0.25, 0.3) is 0 Å². The molecule has 0 radical (unpaired) electrons. The van der Waals surface area contributed by atoms with Crippen LogP contribution < -0.4 is 10.2 Å². The van der Waals surface area contributed by atoms with E-state index in [0.717, 1.165) is 15.6 Å². The fourth-order valence-corrected chi connectivity index (χ4v) is 3.99. The molecule has 3 rings (SSSR count). The molecule has 1 heterocycles. The van der Waals surface area contributed by atoms with Crippen LogP contribution in [0.4, 0.5) is 11.4 Å². The first-order chi connectivity index (χ1) is 16.0. The minimum absolute atomic E-state index is 0.0113. The maximum atomic E-state index is 12.5. The van der Waals surface area contributed by atoms with Gasteiger partial charge in [-0.05, 0) is 75.2 Å². The number of anilines is 2. The van der Waals surface area contributed by atoms with E-state index >= 15 is 0 Å². The van der Waals surface area contributed by atoms with Gasteiger partial charge in [0.15, 0.2) is 6.61 Å². The molecule has 34 heavy (non-hydrogen) atoms. The van der Waals surface area contributed by atoms with Gasteiger partial charge in [0.05, 0.1) is 17.6 Å². The molecule has 2 amide bonds. The average molecular weight is 531 g/mol. The molecule has 0 aliphatic carbocycles. The van der Waals surface area contributed by atoms with Crippen molar-refractivity contribution in [3.63, 3.8) is 0 Å². The monoisotopic (exact) mass is 530 g/mol. The topological polar surface area (TPSA) is 102 Å². The van der Waals surface area contributed by atoms with E-state index < -0.39 is 30.4 Å². The van der Waals surface area contributed by atoms with Gasteiger partial charge in [-0.25, -0.2) is 4.79 Å². The molecule has 0 bridgehead atoms. The summed E-state index contributed by atoms with van der Waals surface area (Å²) in [6.45, 7) is 7.00. The number of hydrogen-bond acceptors (Lipinski definition) is 6. The van der Waals surface area contributed by atoms with Crippen LogP contribution in [0.5, 0.6) is 0 Å². The molecule has 9 heteroatoms. The number of carbonyl (C=O) groups excluding carboxylic acids is 4. The summed E-state index contributed by atoms with van der Waals surface area (Å²) < 4.78 is 11.3. The normalized spacial score (nSPS) is 15.4. The van der Waals surface area contributed by atoms with E-state index in [9.17, 15) is 19.2 Å². The highest BCUT2D eigenvalue weighted by Gasteiger charge is 2.36. The van der Waals surface area contributed by atoms with Crippen LogP contribution >= 0.6 is 15.9 Å². The number of esters is 2. The lowest BCUT2D eigenvalue weighted by Crippen LogP contribution is -2.28. The zero-order chi connectivity index (χ0) is 25.0. The Kier molecular flexibility index (Phi) is 8.09. The molecule has 1 aliphatic rings. The molecular weight excluding hydrogens is 504 g/mol. The van der Waals surface area contributed by atoms with Crippen LogP contribution in [0.3, 0.4) is 0 Å². The first kappa shape index (κ1) is 25.4. The Morgan fingerprint density at radius 2 is 1.79 bits per heavy atom. The third kappa shape index (κ3) is 6.22. The summed E-state index contributed by atoms with van der Waals surface area (Å²) in [5, 5.41) is 2.74. The van der Waals surface area contributed by atoms with Crippen molar-refractivity contribution in [2.75, 3.05) is 23.4 Å². The molecule has 2 aromatic rings. The lowest BCUT2D eigenvalue weighted by Gasteiger charge is -2.17. The van der Waals surface area contributed by atoms with Crippen LogP contribution in [0.1, 0.15) is 41.8 Å². The van der Waals surface area contributed by atoms with Gasteiger partial charge in [0.2, 0.25) is 5.91 Å². The van der Waals surface area contributed by atoms with E-state index in [1.54, 1.807) is 38.1 Å². The fraction of sp³-hybridized carbons (Fsp3) is 0.360. The lowest BCUT2D eigenvalue weighted by molar-refractivity contribution is -0.151. The quantitative estimate of drug-likeness (QED) is 0.539. The molecule has 0 saturated carbocycles. The Morgan fingerprint density at radius 1 is 1.12 bits per heavy atom. The molecule has 1 saturated heterocycles. The minimum atomic E-state index is -0.678. The van der Waals surface area contributed by atoms with Crippen molar-refractivity contribution >= 4 is 51.1 Å². The van der Waals surface area contributed by atoms with Crippen LogP contribution in [-0.2, 0) is 23.9 Å². The minimum Gasteiger partial charge on any atom is -0.459 e. The first-order valence-corrected chi connectivity index (χ1v) is 11.7. The molecule has 1 aliphatic heterocycles. The summed E-state index contributed by atoms with van der Waals surface area (Å²) in [7, 11) is 0. The Hall–Kier alpha value is -3.20. The first-order valence-electron chi connectivity index (χ1n) is 10.9. The smallest absolute Gasteiger partial charge is 0.338 e. The van der Waals surface area contributed by atoms with Crippen LogP contribution in [0, 0.1) is 19.8 Å². The summed E-state index contributed by atoms with van der Waals surface area (Å²) in [5.74, 6) is -2.41. The van der Waals surface area contributed by atoms with E-state index in [0.29, 0.717) is 16.9 Å². The number of nitrogens with one attached hydrogen (secondary N) is 1. The van der Waals surface area contributed by atoms with Crippen molar-refractivity contribution in [1.29, 1.82) is 0 Å². The average Bonchev–Trinajstić information content (AvgIpc) is 3.17. The van der Waals surface area contributed by atoms with Crippen molar-refractivity contribution in [2.45, 2.75) is 40.2 Å². The summed E-state index contributed by atoms with van der Waals surface area (Å²) in [4.78, 5) is 50.7.